The first-order chi connectivity index (χ1) is 15.9. The van der Waals surface area contributed by atoms with Crippen molar-refractivity contribution in [2.24, 2.45) is 0 Å². The maximum atomic E-state index is 13.3. The molecule has 33 heavy (non-hydrogen) atoms. The Kier molecular flexibility index (Phi) is 6.24. The van der Waals surface area contributed by atoms with Gasteiger partial charge in [0, 0.05) is 10.6 Å². The van der Waals surface area contributed by atoms with Crippen molar-refractivity contribution >= 4 is 28.5 Å². The van der Waals surface area contributed by atoms with Crippen molar-refractivity contribution in [3.05, 3.63) is 81.5 Å². The molecule has 0 saturated heterocycles. The number of rotatable bonds is 6. The van der Waals surface area contributed by atoms with Crippen LogP contribution in [0.1, 0.15) is 10.4 Å². The van der Waals surface area contributed by atoms with E-state index in [0.717, 1.165) is 0 Å². The van der Waals surface area contributed by atoms with Crippen LogP contribution >= 0.6 is 11.6 Å². The molecule has 1 heterocycles. The van der Waals surface area contributed by atoms with Gasteiger partial charge in [-0.05, 0) is 60.7 Å². The van der Waals surface area contributed by atoms with E-state index in [9.17, 15) is 9.59 Å². The molecule has 0 aliphatic rings. The summed E-state index contributed by atoms with van der Waals surface area (Å²) in [6, 6.07) is 16.0. The Morgan fingerprint density at radius 2 is 1.58 bits per heavy atom. The molecule has 0 spiro atoms. The van der Waals surface area contributed by atoms with Crippen LogP contribution < -0.4 is 24.4 Å². The zero-order valence-corrected chi connectivity index (χ0v) is 18.8. The number of hydrogen-bond donors (Lipinski definition) is 0. The zero-order valence-electron chi connectivity index (χ0n) is 18.0. The fourth-order valence-corrected chi connectivity index (χ4v) is 3.46. The van der Waals surface area contributed by atoms with Crippen molar-refractivity contribution < 1.29 is 28.2 Å². The number of carbonyl (C=O) groups excluding carboxylic acids is 1. The summed E-state index contributed by atoms with van der Waals surface area (Å²) in [6.45, 7) is 0. The number of hydrogen-bond acceptors (Lipinski definition) is 7. The maximum absolute atomic E-state index is 13.3. The minimum Gasteiger partial charge on any atom is -0.497 e. The summed E-state index contributed by atoms with van der Waals surface area (Å²) in [7, 11) is 4.49. The molecule has 0 N–H and O–H groups in total. The fraction of sp³-hybridized carbons (Fsp3) is 0.120. The van der Waals surface area contributed by atoms with Gasteiger partial charge >= 0.3 is 5.97 Å². The monoisotopic (exact) mass is 466 g/mol. The number of carbonyl (C=O) groups is 1. The predicted molar refractivity (Wildman–Crippen MR) is 124 cm³/mol. The molecule has 0 unspecified atom stereocenters. The average molecular weight is 467 g/mol. The van der Waals surface area contributed by atoms with Crippen molar-refractivity contribution in [1.82, 2.24) is 0 Å². The van der Waals surface area contributed by atoms with E-state index >= 15 is 0 Å². The number of esters is 1. The summed E-state index contributed by atoms with van der Waals surface area (Å²) in [5.41, 5.74) is 0.471. The molecule has 0 saturated carbocycles. The Hall–Kier alpha value is -3.97. The van der Waals surface area contributed by atoms with Gasteiger partial charge < -0.3 is 23.4 Å². The highest BCUT2D eigenvalue weighted by Gasteiger charge is 2.22. The highest BCUT2D eigenvalue weighted by molar-refractivity contribution is 6.31. The van der Waals surface area contributed by atoms with Crippen LogP contribution in [-0.4, -0.2) is 27.3 Å². The van der Waals surface area contributed by atoms with Gasteiger partial charge in [0.1, 0.15) is 11.3 Å². The van der Waals surface area contributed by atoms with Gasteiger partial charge in [-0.25, -0.2) is 4.79 Å². The summed E-state index contributed by atoms with van der Waals surface area (Å²) in [4.78, 5) is 26.3. The number of halogens is 1. The predicted octanol–water partition coefficient (Wildman–Crippen LogP) is 5.36. The van der Waals surface area contributed by atoms with E-state index in [1.165, 1.54) is 32.4 Å². The van der Waals surface area contributed by atoms with Crippen LogP contribution in [0.2, 0.25) is 5.02 Å². The lowest BCUT2D eigenvalue weighted by Crippen LogP contribution is -2.16. The van der Waals surface area contributed by atoms with Gasteiger partial charge in [0.25, 0.3) is 0 Å². The summed E-state index contributed by atoms with van der Waals surface area (Å²) < 4.78 is 27.2. The van der Waals surface area contributed by atoms with Gasteiger partial charge in [-0.1, -0.05) is 11.6 Å². The van der Waals surface area contributed by atoms with Crippen molar-refractivity contribution in [2.45, 2.75) is 0 Å². The highest BCUT2D eigenvalue weighted by atomic mass is 35.5. The molecule has 3 aromatic carbocycles. The van der Waals surface area contributed by atoms with Gasteiger partial charge in [0.15, 0.2) is 17.3 Å². The normalized spacial score (nSPS) is 10.7. The van der Waals surface area contributed by atoms with Crippen molar-refractivity contribution in [1.29, 1.82) is 0 Å². The third-order valence-corrected chi connectivity index (χ3v) is 5.21. The second-order valence-corrected chi connectivity index (χ2v) is 7.35. The molecule has 0 radical (unpaired) electrons. The van der Waals surface area contributed by atoms with Crippen LogP contribution in [0.3, 0.4) is 0 Å². The lowest BCUT2D eigenvalue weighted by molar-refractivity contribution is 0.0731. The second-order valence-electron chi connectivity index (χ2n) is 6.92. The van der Waals surface area contributed by atoms with Crippen LogP contribution in [0.15, 0.2) is 69.9 Å². The molecular formula is C25H19ClO7. The largest absolute Gasteiger partial charge is 0.497 e. The molecule has 4 rings (SSSR count). The van der Waals surface area contributed by atoms with E-state index in [2.05, 4.69) is 0 Å². The van der Waals surface area contributed by atoms with Crippen LogP contribution in [0, 0.1) is 0 Å². The van der Waals surface area contributed by atoms with Gasteiger partial charge in [-0.2, -0.15) is 0 Å². The van der Waals surface area contributed by atoms with Gasteiger partial charge in [0.2, 0.25) is 11.2 Å². The third kappa shape index (κ3) is 4.36. The standard InChI is InChI=1S/C25H19ClO7/c1-29-17-8-4-14(5-9-17)23-24(22(27)18-13-16(26)7-11-19(18)32-23)33-25(28)15-6-10-20(30-2)21(12-15)31-3/h4-13H,1-3H3. The van der Waals surface area contributed by atoms with Gasteiger partial charge in [-0.3, -0.25) is 4.79 Å². The van der Waals surface area contributed by atoms with E-state index in [-0.39, 0.29) is 22.5 Å². The number of methoxy groups -OCH3 is 3. The molecule has 168 valence electrons. The van der Waals surface area contributed by atoms with E-state index < -0.39 is 11.4 Å². The molecule has 7 nitrogen and oxygen atoms in total. The molecule has 0 aliphatic carbocycles. The fourth-order valence-electron chi connectivity index (χ4n) is 3.29. The van der Waals surface area contributed by atoms with E-state index in [1.54, 1.807) is 49.6 Å². The minimum absolute atomic E-state index is 0.103. The number of benzene rings is 3. The maximum Gasteiger partial charge on any atom is 0.343 e. The number of ether oxygens (including phenoxy) is 4. The average Bonchev–Trinajstić information content (AvgIpc) is 2.85. The van der Waals surface area contributed by atoms with Gasteiger partial charge in [0.05, 0.1) is 32.3 Å². The molecule has 0 atom stereocenters. The molecule has 4 aromatic rings. The molecule has 0 amide bonds. The third-order valence-electron chi connectivity index (χ3n) is 4.98. The van der Waals surface area contributed by atoms with Crippen molar-refractivity contribution in [2.75, 3.05) is 21.3 Å². The molecule has 0 bridgehead atoms. The zero-order chi connectivity index (χ0) is 23.5. The molecule has 0 aliphatic heterocycles. The van der Waals surface area contributed by atoms with E-state index in [0.29, 0.717) is 33.4 Å². The lowest BCUT2D eigenvalue weighted by Gasteiger charge is -2.12. The summed E-state index contributed by atoms with van der Waals surface area (Å²) in [5, 5.41) is 0.541. The number of fused-ring (bicyclic) bond motifs is 1. The molecule has 0 fully saturated rings. The Bertz CT molecular complexity index is 1390. The van der Waals surface area contributed by atoms with Crippen molar-refractivity contribution in [3.63, 3.8) is 0 Å². The topological polar surface area (TPSA) is 84.2 Å². The van der Waals surface area contributed by atoms with Crippen LogP contribution in [0.5, 0.6) is 23.0 Å². The Balaban J connectivity index is 1.85. The first kappa shape index (κ1) is 22.2. The Morgan fingerprint density at radius 1 is 0.848 bits per heavy atom. The van der Waals surface area contributed by atoms with Crippen LogP contribution in [0.4, 0.5) is 0 Å². The van der Waals surface area contributed by atoms with Crippen molar-refractivity contribution in [3.8, 4) is 34.3 Å². The summed E-state index contributed by atoms with van der Waals surface area (Å²) in [5.74, 6) is 0.505. The lowest BCUT2D eigenvalue weighted by atomic mass is 10.1. The van der Waals surface area contributed by atoms with E-state index in [1.807, 2.05) is 0 Å². The van der Waals surface area contributed by atoms with E-state index in [4.69, 9.17) is 35.0 Å². The second kappa shape index (κ2) is 9.26. The first-order valence-electron chi connectivity index (χ1n) is 9.80. The minimum atomic E-state index is -0.764. The summed E-state index contributed by atoms with van der Waals surface area (Å²) in [6.07, 6.45) is 0. The molecule has 8 heteroatoms. The van der Waals surface area contributed by atoms with Crippen LogP contribution in [-0.2, 0) is 0 Å². The Morgan fingerprint density at radius 3 is 2.24 bits per heavy atom. The first-order valence-corrected chi connectivity index (χ1v) is 10.2. The summed E-state index contributed by atoms with van der Waals surface area (Å²) >= 11 is 6.07. The molecular weight excluding hydrogens is 448 g/mol. The van der Waals surface area contributed by atoms with Gasteiger partial charge in [-0.15, -0.1) is 0 Å². The Labute approximate surface area is 194 Å². The highest BCUT2D eigenvalue weighted by Crippen LogP contribution is 2.34. The molecule has 1 aromatic heterocycles. The van der Waals surface area contributed by atoms with Crippen LogP contribution in [0.25, 0.3) is 22.3 Å². The SMILES string of the molecule is COc1ccc(-c2oc3ccc(Cl)cc3c(=O)c2OC(=O)c2ccc(OC)c(OC)c2)cc1. The smallest absolute Gasteiger partial charge is 0.343 e. The quantitative estimate of drug-likeness (QED) is 0.354.